The first kappa shape index (κ1) is 17.1. The number of benzene rings is 2. The predicted molar refractivity (Wildman–Crippen MR) is 107 cm³/mol. The molecule has 1 aromatic heterocycles. The third-order valence-corrected chi connectivity index (χ3v) is 4.82. The van der Waals surface area contributed by atoms with E-state index in [0.29, 0.717) is 5.11 Å². The Kier molecular flexibility index (Phi) is 5.29. The van der Waals surface area contributed by atoms with Crippen LogP contribution in [-0.4, -0.2) is 16.6 Å². The van der Waals surface area contributed by atoms with Gasteiger partial charge in [0.15, 0.2) is 5.11 Å². The van der Waals surface area contributed by atoms with Gasteiger partial charge in [-0.3, -0.25) is 0 Å². The molecule has 0 aliphatic heterocycles. The van der Waals surface area contributed by atoms with Crippen molar-refractivity contribution >= 4 is 57.1 Å². The summed E-state index contributed by atoms with van der Waals surface area (Å²) >= 11 is 17.6. The van der Waals surface area contributed by atoms with Gasteiger partial charge in [0.25, 0.3) is 0 Å². The Bertz CT molecular complexity index is 889. The number of anilines is 1. The van der Waals surface area contributed by atoms with Gasteiger partial charge in [-0.05, 0) is 67.0 Å². The van der Waals surface area contributed by atoms with Gasteiger partial charge in [0.05, 0.1) is 0 Å². The average molecular weight is 378 g/mol. The molecule has 0 amide bonds. The summed E-state index contributed by atoms with van der Waals surface area (Å²) in [6, 6.07) is 11.6. The van der Waals surface area contributed by atoms with Crippen LogP contribution in [0.3, 0.4) is 0 Å². The number of thiocarbonyl (C=S) groups is 1. The number of aromatic amines is 1. The first-order valence-electron chi connectivity index (χ1n) is 7.60. The Labute approximate surface area is 156 Å². The van der Waals surface area contributed by atoms with Crippen molar-refractivity contribution in [3.8, 4) is 0 Å². The maximum absolute atomic E-state index is 6.12. The molecule has 3 rings (SSSR count). The third-order valence-electron chi connectivity index (χ3n) is 3.93. The molecular formula is C18H17Cl2N3S. The quantitative estimate of drug-likeness (QED) is 0.539. The highest BCUT2D eigenvalue weighted by atomic mass is 35.5. The van der Waals surface area contributed by atoms with E-state index in [4.69, 9.17) is 35.4 Å². The lowest BCUT2D eigenvalue weighted by Crippen LogP contribution is -2.30. The second kappa shape index (κ2) is 7.43. The molecule has 0 atom stereocenters. The highest BCUT2D eigenvalue weighted by Crippen LogP contribution is 2.23. The van der Waals surface area contributed by atoms with Crippen LogP contribution in [0, 0.1) is 6.92 Å². The Morgan fingerprint density at radius 1 is 1.21 bits per heavy atom. The summed E-state index contributed by atoms with van der Waals surface area (Å²) in [5.41, 5.74) is 4.19. The van der Waals surface area contributed by atoms with Crippen molar-refractivity contribution in [1.29, 1.82) is 0 Å². The van der Waals surface area contributed by atoms with Crippen LogP contribution in [0.25, 0.3) is 10.9 Å². The van der Waals surface area contributed by atoms with Crippen LogP contribution < -0.4 is 10.6 Å². The summed E-state index contributed by atoms with van der Waals surface area (Å²) < 4.78 is 0. The summed E-state index contributed by atoms with van der Waals surface area (Å²) in [5, 5.41) is 9.60. The maximum Gasteiger partial charge on any atom is 0.170 e. The van der Waals surface area contributed by atoms with Gasteiger partial charge < -0.3 is 15.6 Å². The molecule has 3 nitrogen and oxygen atoms in total. The van der Waals surface area contributed by atoms with Crippen molar-refractivity contribution in [3.63, 3.8) is 0 Å². The zero-order chi connectivity index (χ0) is 17.1. The summed E-state index contributed by atoms with van der Waals surface area (Å²) in [7, 11) is 0. The average Bonchev–Trinajstić information content (AvgIpc) is 2.94. The topological polar surface area (TPSA) is 39.8 Å². The van der Waals surface area contributed by atoms with Crippen LogP contribution in [0.2, 0.25) is 10.0 Å². The number of nitrogens with one attached hydrogen (secondary N) is 3. The summed E-state index contributed by atoms with van der Waals surface area (Å²) in [4.78, 5) is 3.26. The summed E-state index contributed by atoms with van der Waals surface area (Å²) in [6.07, 6.45) is 2.86. The Balaban J connectivity index is 1.58. The molecule has 0 radical (unpaired) electrons. The summed E-state index contributed by atoms with van der Waals surface area (Å²) in [6.45, 7) is 2.69. The molecule has 124 valence electrons. The van der Waals surface area contributed by atoms with E-state index in [-0.39, 0.29) is 0 Å². The van der Waals surface area contributed by atoms with Gasteiger partial charge in [0.1, 0.15) is 0 Å². The molecule has 3 aromatic rings. The van der Waals surface area contributed by atoms with Crippen LogP contribution in [0.15, 0.2) is 42.6 Å². The van der Waals surface area contributed by atoms with E-state index in [0.717, 1.165) is 45.2 Å². The SMILES string of the molecule is Cc1c(Cl)cccc1NC(=S)NCCc1c[nH]c2ccc(Cl)cc12. The van der Waals surface area contributed by atoms with E-state index >= 15 is 0 Å². The number of hydrogen-bond acceptors (Lipinski definition) is 1. The normalized spacial score (nSPS) is 10.8. The maximum atomic E-state index is 6.12. The predicted octanol–water partition coefficient (Wildman–Crippen LogP) is 5.31. The molecule has 0 aliphatic rings. The summed E-state index contributed by atoms with van der Waals surface area (Å²) in [5.74, 6) is 0. The molecule has 0 fully saturated rings. The fourth-order valence-corrected chi connectivity index (χ4v) is 3.14. The molecule has 0 saturated heterocycles. The van der Waals surface area contributed by atoms with Gasteiger partial charge >= 0.3 is 0 Å². The molecule has 0 unspecified atom stereocenters. The number of aromatic nitrogens is 1. The largest absolute Gasteiger partial charge is 0.362 e. The Morgan fingerprint density at radius 2 is 2.04 bits per heavy atom. The smallest absolute Gasteiger partial charge is 0.170 e. The van der Waals surface area contributed by atoms with Gasteiger partial charge in [0, 0.05) is 39.4 Å². The molecule has 0 aliphatic carbocycles. The second-order valence-electron chi connectivity index (χ2n) is 5.55. The van der Waals surface area contributed by atoms with Crippen LogP contribution in [0.5, 0.6) is 0 Å². The van der Waals surface area contributed by atoms with Crippen LogP contribution in [-0.2, 0) is 6.42 Å². The minimum atomic E-state index is 0.582. The second-order valence-corrected chi connectivity index (χ2v) is 6.80. The van der Waals surface area contributed by atoms with Crippen molar-refractivity contribution in [2.24, 2.45) is 0 Å². The van der Waals surface area contributed by atoms with E-state index in [1.807, 2.05) is 49.5 Å². The van der Waals surface area contributed by atoms with Gasteiger partial charge in [-0.15, -0.1) is 0 Å². The number of H-pyrrole nitrogens is 1. The first-order valence-corrected chi connectivity index (χ1v) is 8.76. The fraction of sp³-hybridized carbons (Fsp3) is 0.167. The Hall–Kier alpha value is -1.75. The van der Waals surface area contributed by atoms with Gasteiger partial charge in [-0.25, -0.2) is 0 Å². The molecular weight excluding hydrogens is 361 g/mol. The molecule has 2 aromatic carbocycles. The van der Waals surface area contributed by atoms with Crippen LogP contribution in [0.1, 0.15) is 11.1 Å². The zero-order valence-electron chi connectivity index (χ0n) is 13.1. The third kappa shape index (κ3) is 3.83. The number of rotatable bonds is 4. The zero-order valence-corrected chi connectivity index (χ0v) is 15.4. The van der Waals surface area contributed by atoms with Crippen LogP contribution >= 0.6 is 35.4 Å². The molecule has 6 heteroatoms. The number of hydrogen-bond donors (Lipinski definition) is 3. The van der Waals surface area contributed by atoms with E-state index in [1.165, 1.54) is 5.56 Å². The van der Waals surface area contributed by atoms with E-state index in [2.05, 4.69) is 15.6 Å². The van der Waals surface area contributed by atoms with E-state index in [9.17, 15) is 0 Å². The van der Waals surface area contributed by atoms with Gasteiger partial charge in [0.2, 0.25) is 0 Å². The van der Waals surface area contributed by atoms with Crippen LogP contribution in [0.4, 0.5) is 5.69 Å². The minimum Gasteiger partial charge on any atom is -0.362 e. The highest BCUT2D eigenvalue weighted by molar-refractivity contribution is 7.80. The van der Waals surface area contributed by atoms with E-state index < -0.39 is 0 Å². The molecule has 0 saturated carbocycles. The lowest BCUT2D eigenvalue weighted by Gasteiger charge is -2.13. The molecule has 0 bridgehead atoms. The van der Waals surface area contributed by atoms with Crippen molar-refractivity contribution < 1.29 is 0 Å². The fourth-order valence-electron chi connectivity index (χ4n) is 2.58. The van der Waals surface area contributed by atoms with Gasteiger partial charge in [-0.2, -0.15) is 0 Å². The van der Waals surface area contributed by atoms with Crippen molar-refractivity contribution in [2.75, 3.05) is 11.9 Å². The number of fused-ring (bicyclic) bond motifs is 1. The van der Waals surface area contributed by atoms with Crippen molar-refractivity contribution in [3.05, 3.63) is 63.8 Å². The Morgan fingerprint density at radius 3 is 2.88 bits per heavy atom. The molecule has 3 N–H and O–H groups in total. The standard InChI is InChI=1S/C18H17Cl2N3S/c1-11-15(20)3-2-4-16(11)23-18(24)21-8-7-12-10-22-17-6-5-13(19)9-14(12)17/h2-6,9-10,22H,7-8H2,1H3,(H2,21,23,24). The van der Waals surface area contributed by atoms with Crippen molar-refractivity contribution in [2.45, 2.75) is 13.3 Å². The highest BCUT2D eigenvalue weighted by Gasteiger charge is 2.06. The molecule has 1 heterocycles. The lowest BCUT2D eigenvalue weighted by molar-refractivity contribution is 0.878. The van der Waals surface area contributed by atoms with E-state index in [1.54, 1.807) is 0 Å². The monoisotopic (exact) mass is 377 g/mol. The minimum absolute atomic E-state index is 0.582. The molecule has 24 heavy (non-hydrogen) atoms. The van der Waals surface area contributed by atoms with Crippen molar-refractivity contribution in [1.82, 2.24) is 10.3 Å². The molecule has 0 spiro atoms. The lowest BCUT2D eigenvalue weighted by atomic mass is 10.1. The van der Waals surface area contributed by atoms with Gasteiger partial charge in [-0.1, -0.05) is 29.3 Å². The first-order chi connectivity index (χ1) is 11.5. The number of halogens is 2.